The monoisotopic (exact) mass is 635 g/mol. The standard InChI is InChI=1S/C33H33NO10S/c1-15-28(36)19(34)11-23(43-15)44-21-13-33(41,22(35)14-45-16-7-4-3-5-8-16)12-18-25(21)32(40)27-26(30(18)38)29(37)17-9-6-10-20(42-2)24(17)31(27)39/h3-10,15,19,21,23,28,36,38,40-41H,11-14,34H2,1-2H3/t15-,19+,21+,23-,28+,33-/m0/s1. The van der Waals surface area contributed by atoms with E-state index in [1.54, 1.807) is 6.92 Å². The van der Waals surface area contributed by atoms with Gasteiger partial charge in [0.25, 0.3) is 0 Å². The smallest absolute Gasteiger partial charge is 0.202 e. The van der Waals surface area contributed by atoms with Gasteiger partial charge in [-0.3, -0.25) is 14.4 Å². The number of methoxy groups -OCH3 is 1. The number of aromatic hydroxyl groups is 2. The lowest BCUT2D eigenvalue weighted by Gasteiger charge is -2.42. The number of aliphatic hydroxyl groups is 2. The number of carbonyl (C=O) groups excluding carboxylic acids is 3. The lowest BCUT2D eigenvalue weighted by Crippen LogP contribution is -2.52. The van der Waals surface area contributed by atoms with Gasteiger partial charge in [0.2, 0.25) is 5.78 Å². The molecule has 0 radical (unpaired) electrons. The van der Waals surface area contributed by atoms with Crippen molar-refractivity contribution in [3.8, 4) is 17.2 Å². The molecule has 3 aliphatic rings. The van der Waals surface area contributed by atoms with E-state index in [0.29, 0.717) is 0 Å². The van der Waals surface area contributed by atoms with E-state index in [-0.39, 0.29) is 46.6 Å². The van der Waals surface area contributed by atoms with Gasteiger partial charge in [0.1, 0.15) is 22.8 Å². The van der Waals surface area contributed by atoms with Gasteiger partial charge in [-0.05, 0) is 25.1 Å². The number of Topliss-reactive ketones (excluding diaryl/α,β-unsaturated/α-hetero) is 1. The Bertz CT molecular complexity index is 1680. The molecule has 0 saturated carbocycles. The summed E-state index contributed by atoms with van der Waals surface area (Å²) in [7, 11) is 1.34. The first-order valence-electron chi connectivity index (χ1n) is 14.5. The van der Waals surface area contributed by atoms with Crippen LogP contribution in [0, 0.1) is 0 Å². The first-order valence-corrected chi connectivity index (χ1v) is 15.5. The number of phenolic OH excluding ortho intramolecular Hbond substituents is 2. The Morgan fingerprint density at radius 2 is 1.76 bits per heavy atom. The first-order chi connectivity index (χ1) is 21.4. The van der Waals surface area contributed by atoms with E-state index < -0.39 is 82.6 Å². The van der Waals surface area contributed by atoms with Crippen molar-refractivity contribution in [2.24, 2.45) is 5.73 Å². The molecule has 1 heterocycles. The summed E-state index contributed by atoms with van der Waals surface area (Å²) in [6, 6.07) is 12.9. The van der Waals surface area contributed by atoms with E-state index in [1.165, 1.54) is 37.1 Å². The SMILES string of the molecule is COc1cccc2c1C(=O)c1c(O)c3c(c(O)c1C2=O)C[C@@](O)(C(=O)CSc1ccccc1)C[C@H]3O[C@H]1C[C@@H](N)[C@H](O)[C@H](C)O1. The molecule has 11 nitrogen and oxygen atoms in total. The second-order valence-electron chi connectivity index (χ2n) is 11.6. The number of hydrogen-bond acceptors (Lipinski definition) is 12. The van der Waals surface area contributed by atoms with Gasteiger partial charge in [0.05, 0.1) is 47.9 Å². The third-order valence-electron chi connectivity index (χ3n) is 8.77. The van der Waals surface area contributed by atoms with Crippen molar-refractivity contribution in [2.45, 2.75) is 67.3 Å². The maximum Gasteiger partial charge on any atom is 0.202 e. The van der Waals surface area contributed by atoms with Crippen LogP contribution in [0.1, 0.15) is 68.8 Å². The Hall–Kier alpha value is -3.78. The molecule has 236 valence electrons. The average Bonchev–Trinajstić information content (AvgIpc) is 3.02. The fourth-order valence-electron chi connectivity index (χ4n) is 6.40. The highest BCUT2D eigenvalue weighted by atomic mass is 32.2. The normalized spacial score (nSPS) is 27.4. The summed E-state index contributed by atoms with van der Waals surface area (Å²) in [5.74, 6) is -3.27. The number of nitrogens with two attached hydrogens (primary N) is 1. The predicted molar refractivity (Wildman–Crippen MR) is 162 cm³/mol. The molecule has 6 rings (SSSR count). The number of ether oxygens (including phenoxy) is 3. The van der Waals surface area contributed by atoms with Crippen LogP contribution in [0.25, 0.3) is 0 Å². The largest absolute Gasteiger partial charge is 0.507 e. The second kappa shape index (κ2) is 11.9. The Morgan fingerprint density at radius 1 is 1.04 bits per heavy atom. The maximum absolute atomic E-state index is 13.8. The van der Waals surface area contributed by atoms with Crippen molar-refractivity contribution in [3.63, 3.8) is 0 Å². The molecule has 45 heavy (non-hydrogen) atoms. The van der Waals surface area contributed by atoms with E-state index in [1.807, 2.05) is 30.3 Å². The Balaban J connectivity index is 1.45. The first kappa shape index (κ1) is 31.2. The highest BCUT2D eigenvalue weighted by Crippen LogP contribution is 2.52. The zero-order valence-corrected chi connectivity index (χ0v) is 25.4. The molecule has 3 aromatic carbocycles. The van der Waals surface area contributed by atoms with Crippen LogP contribution in [0.3, 0.4) is 0 Å². The molecule has 6 atom stereocenters. The van der Waals surface area contributed by atoms with Crippen LogP contribution in [0.5, 0.6) is 17.2 Å². The van der Waals surface area contributed by atoms with Gasteiger partial charge in [-0.1, -0.05) is 30.3 Å². The number of thioether (sulfide) groups is 1. The van der Waals surface area contributed by atoms with Crippen molar-refractivity contribution < 1.29 is 49.0 Å². The third-order valence-corrected chi connectivity index (χ3v) is 9.79. The van der Waals surface area contributed by atoms with Crippen LogP contribution in [-0.4, -0.2) is 80.8 Å². The Morgan fingerprint density at radius 3 is 2.44 bits per heavy atom. The van der Waals surface area contributed by atoms with Crippen LogP contribution in [0.15, 0.2) is 53.4 Å². The minimum Gasteiger partial charge on any atom is -0.507 e. The molecule has 0 amide bonds. The molecule has 0 unspecified atom stereocenters. The van der Waals surface area contributed by atoms with Crippen LogP contribution < -0.4 is 10.5 Å². The summed E-state index contributed by atoms with van der Waals surface area (Å²) in [6.45, 7) is 1.62. The van der Waals surface area contributed by atoms with Gasteiger partial charge >= 0.3 is 0 Å². The molecule has 3 aromatic rings. The molecule has 12 heteroatoms. The molecule has 0 aromatic heterocycles. The average molecular weight is 636 g/mol. The number of rotatable bonds is 7. The summed E-state index contributed by atoms with van der Waals surface area (Å²) in [4.78, 5) is 42.0. The number of hydrogen-bond donors (Lipinski definition) is 5. The fourth-order valence-corrected chi connectivity index (χ4v) is 7.32. The number of phenols is 2. The zero-order chi connectivity index (χ0) is 32.2. The highest BCUT2D eigenvalue weighted by molar-refractivity contribution is 8.00. The number of ketones is 3. The summed E-state index contributed by atoms with van der Waals surface area (Å²) >= 11 is 1.22. The quantitative estimate of drug-likeness (QED) is 0.148. The Kier molecular flexibility index (Phi) is 8.23. The fraction of sp³-hybridized carbons (Fsp3) is 0.364. The number of carbonyl (C=O) groups is 3. The Labute approximate surface area is 262 Å². The molecule has 0 bridgehead atoms. The third kappa shape index (κ3) is 5.31. The van der Waals surface area contributed by atoms with Crippen LogP contribution in [0.4, 0.5) is 0 Å². The van der Waals surface area contributed by atoms with E-state index in [0.717, 1.165) is 4.90 Å². The van der Waals surface area contributed by atoms with Crippen molar-refractivity contribution in [2.75, 3.05) is 12.9 Å². The topological polar surface area (TPSA) is 186 Å². The van der Waals surface area contributed by atoms with Crippen molar-refractivity contribution >= 4 is 29.1 Å². The van der Waals surface area contributed by atoms with Gasteiger partial charge in [-0.25, -0.2) is 0 Å². The zero-order valence-electron chi connectivity index (χ0n) is 24.6. The van der Waals surface area contributed by atoms with Gasteiger partial charge in [-0.2, -0.15) is 0 Å². The van der Waals surface area contributed by atoms with E-state index in [2.05, 4.69) is 0 Å². The van der Waals surface area contributed by atoms with Crippen molar-refractivity contribution in [1.82, 2.24) is 0 Å². The van der Waals surface area contributed by atoms with E-state index >= 15 is 0 Å². The van der Waals surface area contributed by atoms with Crippen LogP contribution >= 0.6 is 11.8 Å². The minimum atomic E-state index is -2.08. The van der Waals surface area contributed by atoms with E-state index in [9.17, 15) is 34.8 Å². The molecule has 0 spiro atoms. The van der Waals surface area contributed by atoms with Gasteiger partial charge in [0.15, 0.2) is 17.9 Å². The van der Waals surface area contributed by atoms with Gasteiger partial charge in [-0.15, -0.1) is 11.8 Å². The summed E-state index contributed by atoms with van der Waals surface area (Å²) in [6.07, 6.45) is -4.72. The van der Waals surface area contributed by atoms with Crippen LogP contribution in [-0.2, 0) is 20.7 Å². The van der Waals surface area contributed by atoms with Gasteiger partial charge in [0, 0.05) is 46.9 Å². The molecule has 2 aliphatic carbocycles. The van der Waals surface area contributed by atoms with Crippen molar-refractivity contribution in [1.29, 1.82) is 0 Å². The predicted octanol–water partition coefficient (Wildman–Crippen LogP) is 2.80. The van der Waals surface area contributed by atoms with Gasteiger partial charge < -0.3 is 40.4 Å². The highest BCUT2D eigenvalue weighted by Gasteiger charge is 2.50. The number of fused-ring (bicyclic) bond motifs is 3. The summed E-state index contributed by atoms with van der Waals surface area (Å²) in [5.41, 5.74) is 2.95. The minimum absolute atomic E-state index is 0.0205. The summed E-state index contributed by atoms with van der Waals surface area (Å²) < 4.78 is 17.4. The number of aliphatic hydroxyl groups excluding tert-OH is 1. The molecular formula is C33H33NO10S. The molecule has 1 fully saturated rings. The maximum atomic E-state index is 13.8. The lowest BCUT2D eigenvalue weighted by atomic mass is 9.72. The lowest BCUT2D eigenvalue weighted by molar-refractivity contribution is -0.247. The molecule has 6 N–H and O–H groups in total. The number of benzene rings is 3. The van der Waals surface area contributed by atoms with Crippen LogP contribution in [0.2, 0.25) is 0 Å². The molecular weight excluding hydrogens is 602 g/mol. The molecule has 1 aliphatic heterocycles. The van der Waals surface area contributed by atoms with Crippen molar-refractivity contribution in [3.05, 3.63) is 81.9 Å². The molecule has 1 saturated heterocycles. The van der Waals surface area contributed by atoms with E-state index in [4.69, 9.17) is 19.9 Å². The summed E-state index contributed by atoms with van der Waals surface area (Å²) in [5, 5.41) is 45.5. The second-order valence-corrected chi connectivity index (χ2v) is 12.7.